The Balaban J connectivity index is 1.15. The first-order valence-electron chi connectivity index (χ1n) is 21.6. The molecule has 4 heterocycles. The van der Waals surface area contributed by atoms with Gasteiger partial charge in [0.1, 0.15) is 11.2 Å². The van der Waals surface area contributed by atoms with Gasteiger partial charge >= 0.3 is 0 Å². The van der Waals surface area contributed by atoms with Crippen molar-refractivity contribution in [2.24, 2.45) is 0 Å². The number of nitrogens with zero attached hydrogens (tertiary/aromatic N) is 6. The van der Waals surface area contributed by atoms with Crippen LogP contribution in [-0.2, 0) is 0 Å². The predicted molar refractivity (Wildman–Crippen MR) is 262 cm³/mol. The van der Waals surface area contributed by atoms with Crippen LogP contribution in [0.1, 0.15) is 5.56 Å². The second-order valence-electron chi connectivity index (χ2n) is 16.3. The molecule has 0 unspecified atom stereocenters. The van der Waals surface area contributed by atoms with E-state index >= 15 is 0 Å². The molecule has 13 aromatic rings. The van der Waals surface area contributed by atoms with E-state index in [2.05, 4.69) is 124 Å². The third-order valence-corrected chi connectivity index (χ3v) is 12.6. The van der Waals surface area contributed by atoms with Crippen LogP contribution in [0.4, 0.5) is 0 Å². The molecular formula is C58H34N6O. The first-order valence-corrected chi connectivity index (χ1v) is 21.6. The summed E-state index contributed by atoms with van der Waals surface area (Å²) in [5.74, 6) is 1.72. The average molecular weight is 831 g/mol. The number of benzene rings is 9. The highest BCUT2D eigenvalue weighted by Crippen LogP contribution is 2.44. The summed E-state index contributed by atoms with van der Waals surface area (Å²) in [6.07, 6.45) is 0. The summed E-state index contributed by atoms with van der Waals surface area (Å²) in [5.41, 5.74) is 13.2. The van der Waals surface area contributed by atoms with Gasteiger partial charge in [-0.05, 0) is 65.2 Å². The van der Waals surface area contributed by atoms with E-state index in [0.29, 0.717) is 23.2 Å². The molecule has 0 fully saturated rings. The maximum Gasteiger partial charge on any atom is 0.238 e. The molecule has 0 bridgehead atoms. The standard InChI is InChI=1S/C58H34N6O/c59-35-36-26-28-37(29-27-36)40-18-13-19-41(32-40)48-33-42(34-49-45-22-9-12-25-52(45)65-55(48)49)63-50-23-10-7-20-43(50)46-30-31-47-44-21-8-11-24-51(44)64(54(47)53(46)63)58-61-56(38-14-3-1-4-15-38)60-57(62-58)39-16-5-2-6-17-39/h1-34H. The molecule has 0 spiro atoms. The number of nitriles is 1. The fraction of sp³-hybridized carbons (Fsp3) is 0. The van der Waals surface area contributed by atoms with Crippen molar-refractivity contribution in [3.05, 3.63) is 212 Å². The molecule has 65 heavy (non-hydrogen) atoms. The number of aromatic nitrogens is 5. The number of fused-ring (bicyclic) bond motifs is 10. The lowest BCUT2D eigenvalue weighted by atomic mass is 9.96. The summed E-state index contributed by atoms with van der Waals surface area (Å²) in [5, 5.41) is 16.0. The summed E-state index contributed by atoms with van der Waals surface area (Å²) < 4.78 is 11.4. The quantitative estimate of drug-likeness (QED) is 0.167. The molecule has 0 aliphatic heterocycles. The van der Waals surface area contributed by atoms with E-state index in [1.54, 1.807) is 0 Å². The van der Waals surface area contributed by atoms with Gasteiger partial charge in [0.05, 0.1) is 33.7 Å². The Hall–Kier alpha value is -9.12. The summed E-state index contributed by atoms with van der Waals surface area (Å²) in [7, 11) is 0. The Labute approximate surface area is 372 Å². The molecule has 0 aliphatic rings. The van der Waals surface area contributed by atoms with Gasteiger partial charge < -0.3 is 8.98 Å². The molecule has 4 aromatic heterocycles. The second-order valence-corrected chi connectivity index (χ2v) is 16.3. The summed E-state index contributed by atoms with van der Waals surface area (Å²) >= 11 is 0. The summed E-state index contributed by atoms with van der Waals surface area (Å²) in [6, 6.07) is 73.3. The van der Waals surface area contributed by atoms with Crippen molar-refractivity contribution < 1.29 is 4.42 Å². The number of hydrogen-bond acceptors (Lipinski definition) is 5. The van der Waals surface area contributed by atoms with Crippen LogP contribution in [0.3, 0.4) is 0 Å². The highest BCUT2D eigenvalue weighted by Gasteiger charge is 2.25. The molecule has 0 aliphatic carbocycles. The predicted octanol–water partition coefficient (Wildman–Crippen LogP) is 14.5. The van der Waals surface area contributed by atoms with Gasteiger partial charge in [-0.25, -0.2) is 4.98 Å². The molecule has 0 radical (unpaired) electrons. The zero-order chi connectivity index (χ0) is 43.0. The number of furan rings is 1. The highest BCUT2D eigenvalue weighted by atomic mass is 16.3. The molecule has 0 saturated carbocycles. The molecule has 0 atom stereocenters. The monoisotopic (exact) mass is 830 g/mol. The fourth-order valence-corrected chi connectivity index (χ4v) is 9.63. The minimum atomic E-state index is 0.532. The van der Waals surface area contributed by atoms with Gasteiger partial charge in [-0.1, -0.05) is 158 Å². The average Bonchev–Trinajstić information content (AvgIpc) is 4.04. The molecule has 0 amide bonds. The van der Waals surface area contributed by atoms with Gasteiger partial charge in [-0.3, -0.25) is 4.57 Å². The van der Waals surface area contributed by atoms with E-state index in [9.17, 15) is 5.26 Å². The van der Waals surface area contributed by atoms with Gasteiger partial charge in [-0.2, -0.15) is 15.2 Å². The van der Waals surface area contributed by atoms with Crippen molar-refractivity contribution >= 4 is 65.6 Å². The van der Waals surface area contributed by atoms with E-state index in [1.165, 1.54) is 0 Å². The van der Waals surface area contributed by atoms with Gasteiger partial charge in [0.25, 0.3) is 0 Å². The van der Waals surface area contributed by atoms with Crippen LogP contribution in [0.25, 0.3) is 122 Å². The second kappa shape index (κ2) is 14.5. The lowest BCUT2D eigenvalue weighted by Gasteiger charge is -2.15. The van der Waals surface area contributed by atoms with Crippen molar-refractivity contribution in [3.8, 4) is 62.7 Å². The van der Waals surface area contributed by atoms with Crippen molar-refractivity contribution in [1.82, 2.24) is 24.1 Å². The van der Waals surface area contributed by atoms with Crippen LogP contribution in [0.5, 0.6) is 0 Å². The lowest BCUT2D eigenvalue weighted by molar-refractivity contribution is 0.670. The van der Waals surface area contributed by atoms with Crippen LogP contribution in [0.15, 0.2) is 211 Å². The molecule has 7 heteroatoms. The van der Waals surface area contributed by atoms with Crippen LogP contribution in [0, 0.1) is 11.3 Å². The third-order valence-electron chi connectivity index (χ3n) is 12.6. The molecule has 7 nitrogen and oxygen atoms in total. The summed E-state index contributed by atoms with van der Waals surface area (Å²) in [4.78, 5) is 15.7. The Morgan fingerprint density at radius 2 is 0.954 bits per heavy atom. The highest BCUT2D eigenvalue weighted by molar-refractivity contribution is 6.24. The van der Waals surface area contributed by atoms with E-state index in [-0.39, 0.29) is 0 Å². The van der Waals surface area contributed by atoms with Crippen LogP contribution in [0.2, 0.25) is 0 Å². The maximum atomic E-state index is 9.49. The van der Waals surface area contributed by atoms with Crippen LogP contribution >= 0.6 is 0 Å². The minimum Gasteiger partial charge on any atom is -0.455 e. The molecule has 13 rings (SSSR count). The number of para-hydroxylation sites is 3. The van der Waals surface area contributed by atoms with Gasteiger partial charge in [-0.15, -0.1) is 0 Å². The Morgan fingerprint density at radius 3 is 1.62 bits per heavy atom. The molecular weight excluding hydrogens is 797 g/mol. The van der Waals surface area contributed by atoms with Crippen molar-refractivity contribution in [3.63, 3.8) is 0 Å². The number of rotatable bonds is 6. The van der Waals surface area contributed by atoms with E-state index in [0.717, 1.165) is 105 Å². The zero-order valence-corrected chi connectivity index (χ0v) is 34.7. The molecule has 302 valence electrons. The summed E-state index contributed by atoms with van der Waals surface area (Å²) in [6.45, 7) is 0. The van der Waals surface area contributed by atoms with E-state index < -0.39 is 0 Å². The topological polar surface area (TPSA) is 85.5 Å². The van der Waals surface area contributed by atoms with Gasteiger partial charge in [0.2, 0.25) is 5.95 Å². The van der Waals surface area contributed by atoms with E-state index in [1.807, 2.05) is 97.1 Å². The Kier molecular flexibility index (Phi) is 8.14. The smallest absolute Gasteiger partial charge is 0.238 e. The van der Waals surface area contributed by atoms with Crippen LogP contribution in [-0.4, -0.2) is 24.1 Å². The van der Waals surface area contributed by atoms with Gasteiger partial charge in [0.15, 0.2) is 11.6 Å². The molecule has 0 N–H and O–H groups in total. The first kappa shape index (κ1) is 36.5. The molecule has 9 aromatic carbocycles. The van der Waals surface area contributed by atoms with Gasteiger partial charge in [0, 0.05) is 54.7 Å². The van der Waals surface area contributed by atoms with E-state index in [4.69, 9.17) is 19.4 Å². The Bertz CT molecular complexity index is 4010. The van der Waals surface area contributed by atoms with Crippen molar-refractivity contribution in [1.29, 1.82) is 5.26 Å². The Morgan fingerprint density at radius 1 is 0.400 bits per heavy atom. The maximum absolute atomic E-state index is 9.49. The lowest BCUT2D eigenvalue weighted by Crippen LogP contribution is -2.07. The van der Waals surface area contributed by atoms with Crippen molar-refractivity contribution in [2.75, 3.05) is 0 Å². The third kappa shape index (κ3) is 5.78. The minimum absolute atomic E-state index is 0.532. The number of hydrogen-bond donors (Lipinski definition) is 0. The zero-order valence-electron chi connectivity index (χ0n) is 34.7. The van der Waals surface area contributed by atoms with Crippen molar-refractivity contribution in [2.45, 2.75) is 0 Å². The normalized spacial score (nSPS) is 11.7. The first-order chi connectivity index (χ1) is 32.2. The molecule has 0 saturated heterocycles. The fourth-order valence-electron chi connectivity index (χ4n) is 9.63. The van der Waals surface area contributed by atoms with Crippen LogP contribution < -0.4 is 0 Å². The largest absolute Gasteiger partial charge is 0.455 e. The SMILES string of the molecule is N#Cc1ccc(-c2cccc(-c3cc(-n4c5ccccc5c5ccc6c7ccccc7n(-c7nc(-c8ccccc8)nc(-c8ccccc8)n7)c6c54)cc4c3oc3ccccc34)c2)cc1.